The van der Waals surface area contributed by atoms with Crippen LogP contribution >= 0.6 is 0 Å². The summed E-state index contributed by atoms with van der Waals surface area (Å²) in [6.07, 6.45) is 6.23. The molecule has 2 aliphatic rings. The molecule has 0 amide bonds. The van der Waals surface area contributed by atoms with Crippen molar-refractivity contribution in [2.45, 2.75) is 37.6 Å². The highest BCUT2D eigenvalue weighted by Gasteiger charge is 2.29. The average molecular weight is 221 g/mol. The first-order valence-electron chi connectivity index (χ1n) is 6.04. The van der Waals surface area contributed by atoms with E-state index in [-0.39, 0.29) is 12.7 Å². The molecule has 1 saturated heterocycles. The molecule has 86 valence electrons. The second kappa shape index (κ2) is 4.00. The van der Waals surface area contributed by atoms with Crippen molar-refractivity contribution >= 4 is 5.82 Å². The largest absolute Gasteiger partial charge is 0.351 e. The average Bonchev–Trinajstić information content (AvgIpc) is 3.07. The van der Waals surface area contributed by atoms with E-state index in [1.165, 1.54) is 12.8 Å². The van der Waals surface area contributed by atoms with Crippen molar-refractivity contribution in [2.75, 3.05) is 18.1 Å². The van der Waals surface area contributed by atoms with Crippen molar-refractivity contribution in [1.82, 2.24) is 9.97 Å². The molecule has 0 N–H and O–H groups in total. The van der Waals surface area contributed by atoms with Crippen LogP contribution in [0.1, 0.15) is 37.4 Å². The van der Waals surface area contributed by atoms with Crippen LogP contribution in [0.15, 0.2) is 12.3 Å². The van der Waals surface area contributed by atoms with Gasteiger partial charge in [0.25, 0.3) is 0 Å². The van der Waals surface area contributed by atoms with Crippen molar-refractivity contribution in [1.29, 1.82) is 0 Å². The summed E-state index contributed by atoms with van der Waals surface area (Å²) >= 11 is 0. The Balaban J connectivity index is 1.84. The van der Waals surface area contributed by atoms with Gasteiger partial charge in [0.15, 0.2) is 0 Å². The zero-order valence-electron chi connectivity index (χ0n) is 9.27. The first kappa shape index (κ1) is 10.00. The first-order valence-corrected chi connectivity index (χ1v) is 6.04. The van der Waals surface area contributed by atoms with Crippen molar-refractivity contribution < 1.29 is 4.39 Å². The lowest BCUT2D eigenvalue weighted by Crippen LogP contribution is -2.31. The van der Waals surface area contributed by atoms with Crippen LogP contribution in [0.4, 0.5) is 10.2 Å². The molecule has 0 bridgehead atoms. The molecule has 1 aliphatic carbocycles. The topological polar surface area (TPSA) is 29.0 Å². The number of halogens is 1. The van der Waals surface area contributed by atoms with Gasteiger partial charge in [-0.3, -0.25) is 0 Å². The van der Waals surface area contributed by atoms with Crippen LogP contribution in [0.5, 0.6) is 0 Å². The molecule has 1 saturated carbocycles. The second-order valence-corrected chi connectivity index (χ2v) is 4.69. The maximum atomic E-state index is 12.8. The summed E-state index contributed by atoms with van der Waals surface area (Å²) in [5.41, 5.74) is 0. The van der Waals surface area contributed by atoms with Crippen LogP contribution in [0.25, 0.3) is 0 Å². The summed E-state index contributed by atoms with van der Waals surface area (Å²) in [5, 5.41) is 0. The van der Waals surface area contributed by atoms with Crippen molar-refractivity contribution in [3.8, 4) is 0 Å². The molecule has 0 radical (unpaired) electrons. The number of hydrogen-bond acceptors (Lipinski definition) is 3. The van der Waals surface area contributed by atoms with Crippen LogP contribution in [0, 0.1) is 0 Å². The number of hydrogen-bond donors (Lipinski definition) is 0. The molecule has 1 aliphatic heterocycles. The molecule has 16 heavy (non-hydrogen) atoms. The van der Waals surface area contributed by atoms with Gasteiger partial charge in [-0.05, 0) is 31.7 Å². The van der Waals surface area contributed by atoms with E-state index in [1.807, 2.05) is 12.3 Å². The monoisotopic (exact) mass is 221 g/mol. The molecule has 3 rings (SSSR count). The molecular formula is C12H16FN3. The molecule has 0 spiro atoms. The predicted octanol–water partition coefficient (Wildman–Crippen LogP) is 2.29. The smallest absolute Gasteiger partial charge is 0.133 e. The molecule has 2 heterocycles. The Hall–Kier alpha value is -1.19. The maximum absolute atomic E-state index is 12.8. The quantitative estimate of drug-likeness (QED) is 0.784. The van der Waals surface area contributed by atoms with Gasteiger partial charge in [-0.15, -0.1) is 0 Å². The molecule has 0 aromatic carbocycles. The van der Waals surface area contributed by atoms with E-state index in [2.05, 4.69) is 14.9 Å². The SMILES string of the molecule is FCC1CCCN1c1ccnc(C2CC2)n1. The normalized spacial score (nSPS) is 25.1. The van der Waals surface area contributed by atoms with Gasteiger partial charge in [-0.1, -0.05) is 0 Å². The van der Waals surface area contributed by atoms with Crippen molar-refractivity contribution in [3.05, 3.63) is 18.1 Å². The molecule has 1 aromatic rings. The summed E-state index contributed by atoms with van der Waals surface area (Å²) in [4.78, 5) is 10.9. The van der Waals surface area contributed by atoms with E-state index in [0.29, 0.717) is 5.92 Å². The predicted molar refractivity (Wildman–Crippen MR) is 60.4 cm³/mol. The Labute approximate surface area is 94.7 Å². The zero-order chi connectivity index (χ0) is 11.0. The van der Waals surface area contributed by atoms with Gasteiger partial charge >= 0.3 is 0 Å². The van der Waals surface area contributed by atoms with Gasteiger partial charge in [0.1, 0.15) is 18.3 Å². The number of nitrogens with zero attached hydrogens (tertiary/aromatic N) is 3. The fourth-order valence-electron chi connectivity index (χ4n) is 2.36. The number of anilines is 1. The lowest BCUT2D eigenvalue weighted by Gasteiger charge is -2.23. The van der Waals surface area contributed by atoms with E-state index in [9.17, 15) is 4.39 Å². The molecule has 1 aromatic heterocycles. The molecular weight excluding hydrogens is 205 g/mol. The van der Waals surface area contributed by atoms with Gasteiger partial charge in [-0.25, -0.2) is 14.4 Å². The van der Waals surface area contributed by atoms with E-state index >= 15 is 0 Å². The highest BCUT2D eigenvalue weighted by Crippen LogP contribution is 2.38. The molecule has 1 atom stereocenters. The highest BCUT2D eigenvalue weighted by molar-refractivity contribution is 5.40. The van der Waals surface area contributed by atoms with Crippen LogP contribution in [-0.2, 0) is 0 Å². The van der Waals surface area contributed by atoms with Crippen LogP contribution in [-0.4, -0.2) is 29.2 Å². The van der Waals surface area contributed by atoms with Crippen LogP contribution < -0.4 is 4.90 Å². The minimum absolute atomic E-state index is 0.0296. The van der Waals surface area contributed by atoms with Crippen molar-refractivity contribution in [2.24, 2.45) is 0 Å². The van der Waals surface area contributed by atoms with Gasteiger partial charge in [0, 0.05) is 18.7 Å². The number of aromatic nitrogens is 2. The van der Waals surface area contributed by atoms with Gasteiger partial charge in [0.05, 0.1) is 6.04 Å². The Bertz CT molecular complexity index is 378. The third-order valence-corrected chi connectivity index (χ3v) is 3.45. The zero-order valence-corrected chi connectivity index (χ0v) is 9.27. The summed E-state index contributed by atoms with van der Waals surface area (Å²) in [6.45, 7) is 0.651. The van der Waals surface area contributed by atoms with E-state index < -0.39 is 0 Å². The third kappa shape index (κ3) is 1.77. The maximum Gasteiger partial charge on any atom is 0.133 e. The van der Waals surface area contributed by atoms with E-state index in [4.69, 9.17) is 0 Å². The fourth-order valence-corrected chi connectivity index (χ4v) is 2.36. The molecule has 1 unspecified atom stereocenters. The van der Waals surface area contributed by atoms with Gasteiger partial charge in [-0.2, -0.15) is 0 Å². The molecule has 2 fully saturated rings. The summed E-state index contributed by atoms with van der Waals surface area (Å²) < 4.78 is 12.8. The van der Waals surface area contributed by atoms with Crippen LogP contribution in [0.3, 0.4) is 0 Å². The highest BCUT2D eigenvalue weighted by atomic mass is 19.1. The van der Waals surface area contributed by atoms with Gasteiger partial charge in [0.2, 0.25) is 0 Å². The number of rotatable bonds is 3. The Kier molecular flexibility index (Phi) is 2.50. The minimum Gasteiger partial charge on any atom is -0.351 e. The second-order valence-electron chi connectivity index (χ2n) is 4.69. The lowest BCUT2D eigenvalue weighted by atomic mass is 10.2. The fraction of sp³-hybridized carbons (Fsp3) is 0.667. The Morgan fingerprint density at radius 2 is 2.25 bits per heavy atom. The number of alkyl halides is 1. The minimum atomic E-state index is -0.275. The third-order valence-electron chi connectivity index (χ3n) is 3.45. The molecule has 4 heteroatoms. The van der Waals surface area contributed by atoms with E-state index in [1.54, 1.807) is 0 Å². The first-order chi connectivity index (χ1) is 7.88. The lowest BCUT2D eigenvalue weighted by molar-refractivity contribution is 0.427. The van der Waals surface area contributed by atoms with E-state index in [0.717, 1.165) is 31.0 Å². The van der Waals surface area contributed by atoms with Gasteiger partial charge < -0.3 is 4.90 Å². The van der Waals surface area contributed by atoms with Crippen LogP contribution in [0.2, 0.25) is 0 Å². The summed E-state index contributed by atoms with van der Waals surface area (Å²) in [5.74, 6) is 2.42. The Morgan fingerprint density at radius 1 is 1.38 bits per heavy atom. The van der Waals surface area contributed by atoms with Crippen molar-refractivity contribution in [3.63, 3.8) is 0 Å². The summed E-state index contributed by atoms with van der Waals surface area (Å²) in [6, 6.07) is 1.93. The standard InChI is InChI=1S/C12H16FN3/c13-8-10-2-1-7-16(10)11-5-6-14-12(15-11)9-3-4-9/h5-6,9-10H,1-4,7-8H2. The summed E-state index contributed by atoms with van der Waals surface area (Å²) in [7, 11) is 0. The molecule has 3 nitrogen and oxygen atoms in total. The Morgan fingerprint density at radius 3 is 3.00 bits per heavy atom.